The molecule has 0 saturated heterocycles. The molecule has 2 aromatic rings. The van der Waals surface area contributed by atoms with Gasteiger partial charge in [-0.1, -0.05) is 23.7 Å². The minimum atomic E-state index is -0.748. The Bertz CT molecular complexity index is 653. The second-order valence-corrected chi connectivity index (χ2v) is 7.47. The van der Waals surface area contributed by atoms with Crippen LogP contribution in [0.4, 0.5) is 0 Å². The van der Waals surface area contributed by atoms with E-state index in [2.05, 4.69) is 11.9 Å². The molecule has 0 aliphatic heterocycles. The maximum atomic E-state index is 10.4. The van der Waals surface area contributed by atoms with Gasteiger partial charge in [0.25, 0.3) is 0 Å². The Labute approximate surface area is 162 Å². The van der Waals surface area contributed by atoms with Gasteiger partial charge in [-0.3, -0.25) is 4.90 Å². The van der Waals surface area contributed by atoms with Gasteiger partial charge < -0.3 is 20.1 Å². The van der Waals surface area contributed by atoms with Gasteiger partial charge in [0, 0.05) is 24.5 Å². The van der Waals surface area contributed by atoms with Gasteiger partial charge in [0.05, 0.1) is 18.9 Å². The van der Waals surface area contributed by atoms with Gasteiger partial charge in [-0.25, -0.2) is 4.98 Å². The van der Waals surface area contributed by atoms with Crippen LogP contribution in [0.2, 0.25) is 4.47 Å². The van der Waals surface area contributed by atoms with Crippen molar-refractivity contribution in [2.24, 2.45) is 0 Å². The summed E-state index contributed by atoms with van der Waals surface area (Å²) in [4.78, 5) is 6.15. The number of benzene rings is 1. The molecule has 0 saturated carbocycles. The molecular weight excluding hydrogens is 376 g/mol. The number of rotatable bonds is 11. The minimum Gasteiger partial charge on any atom is -0.491 e. The molecule has 0 fully saturated rings. The quantitative estimate of drug-likeness (QED) is 0.535. The Hall–Kier alpha value is -1.22. The number of halogens is 1. The van der Waals surface area contributed by atoms with Crippen LogP contribution in [-0.4, -0.2) is 64.2 Å². The van der Waals surface area contributed by atoms with E-state index in [0.29, 0.717) is 23.3 Å². The van der Waals surface area contributed by atoms with Crippen molar-refractivity contribution in [2.45, 2.75) is 25.5 Å². The number of aliphatic hydroxyl groups is 3. The molecule has 8 heteroatoms. The third kappa shape index (κ3) is 6.50. The fourth-order valence-corrected chi connectivity index (χ4v) is 3.52. The number of aliphatic hydroxyl groups excluding tert-OH is 3. The van der Waals surface area contributed by atoms with E-state index in [1.165, 1.54) is 11.3 Å². The molecule has 6 nitrogen and oxygen atoms in total. The lowest BCUT2D eigenvalue weighted by Gasteiger charge is -2.30. The molecule has 26 heavy (non-hydrogen) atoms. The topological polar surface area (TPSA) is 86.1 Å². The monoisotopic (exact) mass is 400 g/mol. The lowest BCUT2D eigenvalue weighted by atomic mass is 10.0. The summed E-state index contributed by atoms with van der Waals surface area (Å²) in [6.45, 7) is 3.18. The molecule has 0 spiro atoms. The van der Waals surface area contributed by atoms with Gasteiger partial charge in [-0.05, 0) is 31.0 Å². The number of hydrogen-bond donors (Lipinski definition) is 3. The molecule has 0 bridgehead atoms. The van der Waals surface area contributed by atoms with Crippen molar-refractivity contribution in [3.05, 3.63) is 45.4 Å². The third-order valence-corrected chi connectivity index (χ3v) is 5.06. The summed E-state index contributed by atoms with van der Waals surface area (Å²) in [5.74, 6) is 0.721. The van der Waals surface area contributed by atoms with Crippen LogP contribution in [0.15, 0.2) is 29.6 Å². The number of aromatic nitrogens is 1. The number of thiazole rings is 1. The first-order valence-electron chi connectivity index (χ1n) is 8.50. The summed E-state index contributed by atoms with van der Waals surface area (Å²) in [7, 11) is 0. The number of nitrogens with zero attached hydrogens (tertiary/aromatic N) is 2. The fourth-order valence-electron chi connectivity index (χ4n) is 2.71. The van der Waals surface area contributed by atoms with Crippen molar-refractivity contribution >= 4 is 22.9 Å². The predicted molar refractivity (Wildman–Crippen MR) is 103 cm³/mol. The summed E-state index contributed by atoms with van der Waals surface area (Å²) in [6, 6.07) is 7.84. The first-order valence-corrected chi connectivity index (χ1v) is 9.75. The van der Waals surface area contributed by atoms with Gasteiger partial charge >= 0.3 is 0 Å². The summed E-state index contributed by atoms with van der Waals surface area (Å²) in [5, 5.41) is 30.3. The Morgan fingerprint density at radius 3 is 2.54 bits per heavy atom. The van der Waals surface area contributed by atoms with Crippen LogP contribution in [0.3, 0.4) is 0 Å². The summed E-state index contributed by atoms with van der Waals surface area (Å²) in [5.41, 5.74) is 1.68. The van der Waals surface area contributed by atoms with Gasteiger partial charge in [-0.2, -0.15) is 0 Å². The average molecular weight is 401 g/mol. The van der Waals surface area contributed by atoms with Gasteiger partial charge in [0.2, 0.25) is 0 Å². The van der Waals surface area contributed by atoms with Crippen LogP contribution in [0.1, 0.15) is 24.3 Å². The van der Waals surface area contributed by atoms with E-state index in [-0.39, 0.29) is 25.9 Å². The van der Waals surface area contributed by atoms with Crippen molar-refractivity contribution < 1.29 is 20.1 Å². The Morgan fingerprint density at radius 2 is 1.96 bits per heavy atom. The molecule has 2 atom stereocenters. The molecule has 2 rings (SSSR count). The van der Waals surface area contributed by atoms with Crippen LogP contribution in [0, 0.1) is 0 Å². The third-order valence-electron chi connectivity index (χ3n) is 4.07. The lowest BCUT2D eigenvalue weighted by Crippen LogP contribution is -2.39. The molecule has 3 N–H and O–H groups in total. The van der Waals surface area contributed by atoms with Crippen molar-refractivity contribution in [1.82, 2.24) is 9.88 Å². The molecule has 0 aliphatic rings. The van der Waals surface area contributed by atoms with Crippen LogP contribution >= 0.6 is 22.9 Å². The molecule has 1 aromatic heterocycles. The number of hydrogen-bond acceptors (Lipinski definition) is 7. The Morgan fingerprint density at radius 1 is 1.23 bits per heavy atom. The fraction of sp³-hybridized carbons (Fsp3) is 0.500. The molecule has 1 heterocycles. The molecule has 0 radical (unpaired) electrons. The standard InChI is InChI=1S/C18H25ClN2O4S/c1-13(10-14-2-4-15(5-3-14)25-9-8-23)21(6-7-22)11-17(24)16-12-26-18(19)20-16/h2-5,12-13,17,22-24H,6-11H2,1H3. The molecule has 0 amide bonds. The lowest BCUT2D eigenvalue weighted by molar-refractivity contribution is 0.0754. The molecule has 1 aromatic carbocycles. The highest BCUT2D eigenvalue weighted by Gasteiger charge is 2.20. The van der Waals surface area contributed by atoms with Gasteiger partial charge in [-0.15, -0.1) is 11.3 Å². The van der Waals surface area contributed by atoms with E-state index in [0.717, 1.165) is 17.7 Å². The zero-order valence-electron chi connectivity index (χ0n) is 14.7. The highest BCUT2D eigenvalue weighted by molar-refractivity contribution is 7.13. The maximum absolute atomic E-state index is 10.4. The van der Waals surface area contributed by atoms with Crippen LogP contribution in [-0.2, 0) is 6.42 Å². The van der Waals surface area contributed by atoms with E-state index in [9.17, 15) is 10.2 Å². The zero-order chi connectivity index (χ0) is 18.9. The van der Waals surface area contributed by atoms with E-state index in [1.807, 2.05) is 29.2 Å². The van der Waals surface area contributed by atoms with Crippen molar-refractivity contribution in [2.75, 3.05) is 32.9 Å². The largest absolute Gasteiger partial charge is 0.491 e. The number of ether oxygens (including phenoxy) is 1. The normalized spacial score (nSPS) is 13.8. The van der Waals surface area contributed by atoms with Crippen LogP contribution < -0.4 is 4.74 Å². The SMILES string of the molecule is CC(Cc1ccc(OCCO)cc1)N(CCO)CC(O)c1csc(Cl)n1. The van der Waals surface area contributed by atoms with Crippen LogP contribution in [0.5, 0.6) is 5.75 Å². The second-order valence-electron chi connectivity index (χ2n) is 6.03. The zero-order valence-corrected chi connectivity index (χ0v) is 16.3. The van der Waals surface area contributed by atoms with Gasteiger partial charge in [0.1, 0.15) is 18.5 Å². The van der Waals surface area contributed by atoms with E-state index in [1.54, 1.807) is 5.38 Å². The highest BCUT2D eigenvalue weighted by atomic mass is 35.5. The van der Waals surface area contributed by atoms with Crippen molar-refractivity contribution in [3.63, 3.8) is 0 Å². The Balaban J connectivity index is 1.95. The summed E-state index contributed by atoms with van der Waals surface area (Å²) >= 11 is 7.13. The van der Waals surface area contributed by atoms with E-state index in [4.69, 9.17) is 21.4 Å². The average Bonchev–Trinajstić information content (AvgIpc) is 3.07. The first kappa shape index (κ1) is 21.1. The summed E-state index contributed by atoms with van der Waals surface area (Å²) in [6.07, 6.45) is 0.0205. The minimum absolute atomic E-state index is 0.0125. The maximum Gasteiger partial charge on any atom is 0.183 e. The van der Waals surface area contributed by atoms with Crippen molar-refractivity contribution in [1.29, 1.82) is 0 Å². The summed E-state index contributed by atoms with van der Waals surface area (Å²) < 4.78 is 5.77. The second kappa shape index (κ2) is 10.8. The molecule has 0 aliphatic carbocycles. The van der Waals surface area contributed by atoms with Crippen molar-refractivity contribution in [3.8, 4) is 5.75 Å². The van der Waals surface area contributed by atoms with E-state index >= 15 is 0 Å². The molecule has 2 unspecified atom stereocenters. The Kier molecular flexibility index (Phi) is 8.77. The molecule has 144 valence electrons. The first-order chi connectivity index (χ1) is 12.5. The van der Waals surface area contributed by atoms with Gasteiger partial charge in [0.15, 0.2) is 4.47 Å². The molecular formula is C18H25ClN2O4S. The highest BCUT2D eigenvalue weighted by Crippen LogP contribution is 2.22. The smallest absolute Gasteiger partial charge is 0.183 e. The van der Waals surface area contributed by atoms with E-state index < -0.39 is 6.10 Å². The predicted octanol–water partition coefficient (Wildman–Crippen LogP) is 2.13. The van der Waals surface area contributed by atoms with Crippen LogP contribution in [0.25, 0.3) is 0 Å².